The van der Waals surface area contributed by atoms with Gasteiger partial charge in [0.25, 0.3) is 5.92 Å². The van der Waals surface area contributed by atoms with Crippen LogP contribution in [0.5, 0.6) is 0 Å². The fourth-order valence-corrected chi connectivity index (χ4v) is 2.20. The molecule has 0 aromatic heterocycles. The number of carbonyl (C=O) groups excluding carboxylic acids is 1. The lowest BCUT2D eigenvalue weighted by Gasteiger charge is -2.34. The highest BCUT2D eigenvalue weighted by molar-refractivity contribution is 5.95. The second-order valence-corrected chi connectivity index (χ2v) is 4.39. The fourth-order valence-electron chi connectivity index (χ4n) is 2.20. The molecule has 1 aromatic carbocycles. The van der Waals surface area contributed by atoms with Gasteiger partial charge in [0.2, 0.25) is 0 Å². The molecule has 0 spiro atoms. The number of methoxy groups -OCH3 is 1. The Labute approximate surface area is 104 Å². The van der Waals surface area contributed by atoms with Crippen molar-refractivity contribution in [2.24, 2.45) is 0 Å². The van der Waals surface area contributed by atoms with E-state index in [1.807, 2.05) is 0 Å². The predicted molar refractivity (Wildman–Crippen MR) is 64.2 cm³/mol. The van der Waals surface area contributed by atoms with E-state index in [0.29, 0.717) is 24.2 Å². The van der Waals surface area contributed by atoms with Gasteiger partial charge in [-0.1, -0.05) is 12.1 Å². The SMILES string of the molecule is COC(=O)c1ccccc1N1CCCC(F)(F)C1. The van der Waals surface area contributed by atoms with Crippen molar-refractivity contribution in [2.75, 3.05) is 25.1 Å². The lowest BCUT2D eigenvalue weighted by Crippen LogP contribution is -2.43. The number of hydrogen-bond donors (Lipinski definition) is 0. The highest BCUT2D eigenvalue weighted by atomic mass is 19.3. The zero-order valence-electron chi connectivity index (χ0n) is 10.2. The van der Waals surface area contributed by atoms with Gasteiger partial charge in [0.05, 0.1) is 24.9 Å². The molecule has 0 amide bonds. The van der Waals surface area contributed by atoms with Crippen LogP contribution in [-0.4, -0.2) is 32.1 Å². The highest BCUT2D eigenvalue weighted by Crippen LogP contribution is 2.31. The summed E-state index contributed by atoms with van der Waals surface area (Å²) in [5, 5.41) is 0. The summed E-state index contributed by atoms with van der Waals surface area (Å²) >= 11 is 0. The molecule has 18 heavy (non-hydrogen) atoms. The van der Waals surface area contributed by atoms with Crippen molar-refractivity contribution >= 4 is 11.7 Å². The van der Waals surface area contributed by atoms with E-state index in [1.54, 1.807) is 29.2 Å². The van der Waals surface area contributed by atoms with Crippen LogP contribution >= 0.6 is 0 Å². The molecule has 98 valence electrons. The van der Waals surface area contributed by atoms with Crippen LogP contribution in [0.1, 0.15) is 23.2 Å². The van der Waals surface area contributed by atoms with Crippen LogP contribution in [0.3, 0.4) is 0 Å². The van der Waals surface area contributed by atoms with Crippen LogP contribution < -0.4 is 4.90 Å². The number of benzene rings is 1. The van der Waals surface area contributed by atoms with Gasteiger partial charge >= 0.3 is 5.97 Å². The molecule has 5 heteroatoms. The minimum absolute atomic E-state index is 0.0934. The normalized spacial score (nSPS) is 18.5. The Kier molecular flexibility index (Phi) is 3.50. The second-order valence-electron chi connectivity index (χ2n) is 4.39. The first-order valence-corrected chi connectivity index (χ1v) is 5.83. The standard InChI is InChI=1S/C13H15F2NO2/c1-18-12(17)10-5-2-3-6-11(10)16-8-4-7-13(14,15)9-16/h2-3,5-6H,4,7-9H2,1H3. The summed E-state index contributed by atoms with van der Waals surface area (Å²) in [5.41, 5.74) is 0.849. The van der Waals surface area contributed by atoms with Crippen molar-refractivity contribution < 1.29 is 18.3 Å². The number of halogens is 2. The highest BCUT2D eigenvalue weighted by Gasteiger charge is 2.36. The molecule has 1 aliphatic heterocycles. The number of ether oxygens (including phenoxy) is 1. The first kappa shape index (κ1) is 12.8. The molecule has 3 nitrogen and oxygen atoms in total. The van der Waals surface area contributed by atoms with E-state index in [-0.39, 0.29) is 13.0 Å². The van der Waals surface area contributed by atoms with Gasteiger partial charge in [0.1, 0.15) is 0 Å². The van der Waals surface area contributed by atoms with Crippen molar-refractivity contribution in [2.45, 2.75) is 18.8 Å². The molecule has 0 aliphatic carbocycles. The summed E-state index contributed by atoms with van der Waals surface area (Å²) in [6.45, 7) is 0.185. The summed E-state index contributed by atoms with van der Waals surface area (Å²) in [6.07, 6.45) is 0.326. The maximum absolute atomic E-state index is 13.4. The number of piperidine rings is 1. The lowest BCUT2D eigenvalue weighted by atomic mass is 10.0. The molecule has 1 heterocycles. The summed E-state index contributed by atoms with van der Waals surface area (Å²) in [5.74, 6) is -3.19. The van der Waals surface area contributed by atoms with Gasteiger partial charge < -0.3 is 9.64 Å². The molecule has 2 rings (SSSR count). The Morgan fingerprint density at radius 1 is 1.39 bits per heavy atom. The van der Waals surface area contributed by atoms with Crippen LogP contribution in [0.25, 0.3) is 0 Å². The van der Waals surface area contributed by atoms with Gasteiger partial charge in [-0.15, -0.1) is 0 Å². The molecule has 1 aliphatic rings. The molecule has 0 atom stereocenters. The van der Waals surface area contributed by atoms with E-state index in [0.717, 1.165) is 0 Å². The van der Waals surface area contributed by atoms with E-state index in [4.69, 9.17) is 0 Å². The van der Waals surface area contributed by atoms with Crippen LogP contribution in [-0.2, 0) is 4.74 Å². The monoisotopic (exact) mass is 255 g/mol. The Hall–Kier alpha value is -1.65. The van der Waals surface area contributed by atoms with Crippen molar-refractivity contribution in [3.05, 3.63) is 29.8 Å². The predicted octanol–water partition coefficient (Wildman–Crippen LogP) is 2.71. The van der Waals surface area contributed by atoms with Crippen LogP contribution in [0.2, 0.25) is 0 Å². The Morgan fingerprint density at radius 2 is 2.11 bits per heavy atom. The van der Waals surface area contributed by atoms with Gasteiger partial charge in [-0.3, -0.25) is 0 Å². The zero-order chi connectivity index (χ0) is 13.2. The molecule has 1 saturated heterocycles. The van der Waals surface area contributed by atoms with E-state index < -0.39 is 11.9 Å². The van der Waals surface area contributed by atoms with E-state index >= 15 is 0 Å². The fraction of sp³-hybridized carbons (Fsp3) is 0.462. The molecule has 0 bridgehead atoms. The first-order valence-electron chi connectivity index (χ1n) is 5.83. The molecule has 0 saturated carbocycles. The van der Waals surface area contributed by atoms with Gasteiger partial charge in [-0.05, 0) is 18.6 Å². The Bertz CT molecular complexity index is 448. The number of anilines is 1. The van der Waals surface area contributed by atoms with Crippen LogP contribution in [0, 0.1) is 0 Å². The number of alkyl halides is 2. The topological polar surface area (TPSA) is 29.5 Å². The Balaban J connectivity index is 2.30. The maximum atomic E-state index is 13.4. The lowest BCUT2D eigenvalue weighted by molar-refractivity contribution is -0.0117. The number of nitrogens with zero attached hydrogens (tertiary/aromatic N) is 1. The van der Waals surface area contributed by atoms with Crippen LogP contribution in [0.4, 0.5) is 14.5 Å². The molecule has 0 unspecified atom stereocenters. The summed E-state index contributed by atoms with van der Waals surface area (Å²) in [4.78, 5) is 13.2. The van der Waals surface area contributed by atoms with Crippen molar-refractivity contribution in [3.8, 4) is 0 Å². The molecule has 0 N–H and O–H groups in total. The average Bonchev–Trinajstić information content (AvgIpc) is 2.36. The van der Waals surface area contributed by atoms with Crippen LogP contribution in [0.15, 0.2) is 24.3 Å². The smallest absolute Gasteiger partial charge is 0.339 e. The molecular formula is C13H15F2NO2. The van der Waals surface area contributed by atoms with Gasteiger partial charge in [-0.2, -0.15) is 0 Å². The van der Waals surface area contributed by atoms with E-state index in [9.17, 15) is 13.6 Å². The van der Waals surface area contributed by atoms with Gasteiger partial charge in [0, 0.05) is 13.0 Å². The third kappa shape index (κ3) is 2.60. The number of carbonyl (C=O) groups is 1. The van der Waals surface area contributed by atoms with E-state index in [1.165, 1.54) is 7.11 Å². The largest absolute Gasteiger partial charge is 0.465 e. The molecular weight excluding hydrogens is 240 g/mol. The quantitative estimate of drug-likeness (QED) is 0.761. The average molecular weight is 255 g/mol. The number of rotatable bonds is 2. The van der Waals surface area contributed by atoms with Crippen molar-refractivity contribution in [3.63, 3.8) is 0 Å². The van der Waals surface area contributed by atoms with Gasteiger partial charge in [-0.25, -0.2) is 13.6 Å². The number of para-hydroxylation sites is 1. The minimum Gasteiger partial charge on any atom is -0.465 e. The minimum atomic E-state index is -2.69. The first-order chi connectivity index (χ1) is 8.53. The molecule has 1 fully saturated rings. The van der Waals surface area contributed by atoms with Crippen molar-refractivity contribution in [1.29, 1.82) is 0 Å². The number of hydrogen-bond acceptors (Lipinski definition) is 3. The van der Waals surface area contributed by atoms with E-state index in [2.05, 4.69) is 4.74 Å². The van der Waals surface area contributed by atoms with Crippen molar-refractivity contribution in [1.82, 2.24) is 0 Å². The van der Waals surface area contributed by atoms with Gasteiger partial charge in [0.15, 0.2) is 0 Å². The summed E-state index contributed by atoms with van der Waals surface area (Å²) in [7, 11) is 1.28. The zero-order valence-corrected chi connectivity index (χ0v) is 10.2. The number of esters is 1. The maximum Gasteiger partial charge on any atom is 0.339 e. The third-order valence-electron chi connectivity index (χ3n) is 3.04. The third-order valence-corrected chi connectivity index (χ3v) is 3.04. The summed E-state index contributed by atoms with van der Waals surface area (Å²) < 4.78 is 31.5. The Morgan fingerprint density at radius 3 is 2.78 bits per heavy atom. The second kappa shape index (κ2) is 4.92. The molecule has 1 aromatic rings. The molecule has 0 radical (unpaired) electrons. The summed E-state index contributed by atoms with van der Waals surface area (Å²) in [6, 6.07) is 6.69.